The third-order valence-electron chi connectivity index (χ3n) is 5.14. The first kappa shape index (κ1) is 21.5. The number of aromatic nitrogens is 3. The number of rotatable bonds is 7. The molecule has 0 bridgehead atoms. The number of primary amides is 1. The fourth-order valence-corrected chi connectivity index (χ4v) is 3.69. The first-order chi connectivity index (χ1) is 15.3. The Labute approximate surface area is 185 Å². The molecule has 166 valence electrons. The van der Waals surface area contributed by atoms with E-state index in [-0.39, 0.29) is 30.2 Å². The summed E-state index contributed by atoms with van der Waals surface area (Å²) in [4.78, 5) is 36.9. The van der Waals surface area contributed by atoms with Gasteiger partial charge in [0.2, 0.25) is 11.8 Å². The predicted octanol–water partition coefficient (Wildman–Crippen LogP) is 2.54. The average molecular weight is 435 g/mol. The molecule has 4 rings (SSSR count). The zero-order chi connectivity index (χ0) is 22.8. The molecule has 3 heterocycles. The Morgan fingerprint density at radius 2 is 2.09 bits per heavy atom. The number of benzene rings is 1. The van der Waals surface area contributed by atoms with Crippen LogP contribution in [0.3, 0.4) is 0 Å². The number of amides is 2. The number of nitrogens with two attached hydrogens (primary N) is 1. The van der Waals surface area contributed by atoms with Gasteiger partial charge in [-0.3, -0.25) is 9.59 Å². The molecule has 2 amide bonds. The van der Waals surface area contributed by atoms with E-state index in [1.54, 1.807) is 37.5 Å². The van der Waals surface area contributed by atoms with Crippen LogP contribution in [0.4, 0.5) is 0 Å². The van der Waals surface area contributed by atoms with Gasteiger partial charge in [-0.2, -0.15) is 0 Å². The van der Waals surface area contributed by atoms with Crippen molar-refractivity contribution in [3.05, 3.63) is 42.0 Å². The number of hydrogen-bond acceptors (Lipinski definition) is 7. The summed E-state index contributed by atoms with van der Waals surface area (Å²) >= 11 is 0. The van der Waals surface area contributed by atoms with Gasteiger partial charge in [-0.1, -0.05) is 0 Å². The van der Waals surface area contributed by atoms with Crippen LogP contribution in [0.5, 0.6) is 11.6 Å². The van der Waals surface area contributed by atoms with Gasteiger partial charge in [-0.15, -0.1) is 0 Å². The molecular weight excluding hydrogens is 410 g/mol. The van der Waals surface area contributed by atoms with Gasteiger partial charge >= 0.3 is 0 Å². The minimum atomic E-state index is -0.597. The van der Waals surface area contributed by atoms with E-state index in [2.05, 4.69) is 20.3 Å². The highest BCUT2D eigenvalue weighted by Gasteiger charge is 2.23. The maximum absolute atomic E-state index is 12.2. The number of nitrogens with one attached hydrogen (secondary N) is 1. The predicted molar refractivity (Wildman–Crippen MR) is 118 cm³/mol. The molecule has 0 radical (unpaired) electrons. The van der Waals surface area contributed by atoms with Gasteiger partial charge < -0.3 is 20.5 Å². The van der Waals surface area contributed by atoms with Crippen molar-refractivity contribution in [1.82, 2.24) is 20.3 Å². The molecule has 2 aromatic heterocycles. The number of aryl methyl sites for hydroxylation is 1. The molecule has 3 N–H and O–H groups in total. The first-order valence-electron chi connectivity index (χ1n) is 10.5. The summed E-state index contributed by atoms with van der Waals surface area (Å²) < 4.78 is 11.9. The SMILES string of the molecule is Cc1nccc(-c2cnc(OCC3CCC(=O)N3)c3cc(OC(C)C)c(C(N)=O)cc23)n1. The fraction of sp³-hybridized carbons (Fsp3) is 0.348. The van der Waals surface area contributed by atoms with E-state index in [1.807, 2.05) is 13.8 Å². The highest BCUT2D eigenvalue weighted by Crippen LogP contribution is 2.37. The van der Waals surface area contributed by atoms with Gasteiger partial charge in [-0.25, -0.2) is 15.0 Å². The Morgan fingerprint density at radius 3 is 2.75 bits per heavy atom. The molecule has 1 saturated heterocycles. The summed E-state index contributed by atoms with van der Waals surface area (Å²) in [6.45, 7) is 5.83. The summed E-state index contributed by atoms with van der Waals surface area (Å²) in [5, 5.41) is 4.24. The molecule has 3 aromatic rings. The van der Waals surface area contributed by atoms with Crippen LogP contribution in [0.15, 0.2) is 30.6 Å². The summed E-state index contributed by atoms with van der Waals surface area (Å²) in [5.41, 5.74) is 7.30. The number of fused-ring (bicyclic) bond motifs is 1. The molecule has 9 nitrogen and oxygen atoms in total. The van der Waals surface area contributed by atoms with Crippen LogP contribution < -0.4 is 20.5 Å². The van der Waals surface area contributed by atoms with Gasteiger partial charge in [0.1, 0.15) is 18.2 Å². The smallest absolute Gasteiger partial charge is 0.252 e. The van der Waals surface area contributed by atoms with E-state index in [0.29, 0.717) is 52.3 Å². The van der Waals surface area contributed by atoms with Crippen molar-refractivity contribution in [2.75, 3.05) is 6.61 Å². The maximum atomic E-state index is 12.2. The first-order valence-corrected chi connectivity index (χ1v) is 10.5. The number of ether oxygens (including phenoxy) is 2. The van der Waals surface area contributed by atoms with Gasteiger partial charge in [0.15, 0.2) is 0 Å². The number of nitrogens with zero attached hydrogens (tertiary/aromatic N) is 3. The van der Waals surface area contributed by atoms with Crippen molar-refractivity contribution in [3.8, 4) is 22.9 Å². The summed E-state index contributed by atoms with van der Waals surface area (Å²) in [7, 11) is 0. The molecule has 1 fully saturated rings. The minimum absolute atomic E-state index is 0.0182. The van der Waals surface area contributed by atoms with Crippen molar-refractivity contribution in [2.45, 2.75) is 45.8 Å². The summed E-state index contributed by atoms with van der Waals surface area (Å²) in [6, 6.07) is 5.12. The van der Waals surface area contributed by atoms with Gasteiger partial charge in [0, 0.05) is 29.8 Å². The van der Waals surface area contributed by atoms with Gasteiger partial charge in [0.25, 0.3) is 5.91 Å². The number of carbonyl (C=O) groups is 2. The normalized spacial score (nSPS) is 15.8. The van der Waals surface area contributed by atoms with Crippen LogP contribution in [0.25, 0.3) is 22.0 Å². The standard InChI is InChI=1S/C23H25N5O4/c1-12(2)32-20-9-16-15(8-17(20)22(24)30)18(19-6-7-25-13(3)27-19)10-26-23(16)31-11-14-4-5-21(29)28-14/h6-10,12,14H,4-5,11H2,1-3H3,(H2,24,30)(H,28,29). The second-order valence-corrected chi connectivity index (χ2v) is 8.01. The van der Waals surface area contributed by atoms with Crippen LogP contribution in [-0.2, 0) is 4.79 Å². The lowest BCUT2D eigenvalue weighted by Gasteiger charge is -2.18. The monoisotopic (exact) mass is 435 g/mol. The molecule has 9 heteroatoms. The zero-order valence-electron chi connectivity index (χ0n) is 18.2. The molecule has 1 aromatic carbocycles. The molecule has 0 aliphatic carbocycles. The zero-order valence-corrected chi connectivity index (χ0v) is 18.2. The van der Waals surface area contributed by atoms with E-state index in [4.69, 9.17) is 15.2 Å². The van der Waals surface area contributed by atoms with E-state index >= 15 is 0 Å². The third kappa shape index (κ3) is 4.46. The Bertz CT molecular complexity index is 1190. The van der Waals surface area contributed by atoms with E-state index < -0.39 is 5.91 Å². The van der Waals surface area contributed by atoms with Crippen molar-refractivity contribution in [2.24, 2.45) is 5.73 Å². The quantitative estimate of drug-likeness (QED) is 0.583. The van der Waals surface area contributed by atoms with Gasteiger partial charge in [0.05, 0.1) is 23.4 Å². The minimum Gasteiger partial charge on any atom is -0.490 e. The summed E-state index contributed by atoms with van der Waals surface area (Å²) in [6.07, 6.45) is 4.36. The second-order valence-electron chi connectivity index (χ2n) is 8.01. The van der Waals surface area contributed by atoms with Crippen molar-refractivity contribution < 1.29 is 19.1 Å². The third-order valence-corrected chi connectivity index (χ3v) is 5.14. The molecule has 1 unspecified atom stereocenters. The average Bonchev–Trinajstić information content (AvgIpc) is 3.16. The van der Waals surface area contributed by atoms with Crippen LogP contribution in [-0.4, -0.2) is 45.5 Å². The molecule has 0 saturated carbocycles. The number of carbonyl (C=O) groups excluding carboxylic acids is 2. The Morgan fingerprint density at radius 1 is 1.28 bits per heavy atom. The Balaban J connectivity index is 1.85. The lowest BCUT2D eigenvalue weighted by molar-refractivity contribution is -0.119. The van der Waals surface area contributed by atoms with Gasteiger partial charge in [-0.05, 0) is 50.8 Å². The van der Waals surface area contributed by atoms with Crippen molar-refractivity contribution >= 4 is 22.6 Å². The Kier molecular flexibility index (Phi) is 5.89. The topological polar surface area (TPSA) is 129 Å². The highest BCUT2D eigenvalue weighted by molar-refractivity contribution is 6.06. The molecular formula is C23H25N5O4. The summed E-state index contributed by atoms with van der Waals surface area (Å²) in [5.74, 6) is 0.768. The van der Waals surface area contributed by atoms with E-state index in [9.17, 15) is 9.59 Å². The largest absolute Gasteiger partial charge is 0.490 e. The lowest BCUT2D eigenvalue weighted by atomic mass is 10.0. The Hall–Kier alpha value is -3.75. The van der Waals surface area contributed by atoms with E-state index in [1.165, 1.54) is 0 Å². The van der Waals surface area contributed by atoms with Crippen molar-refractivity contribution in [3.63, 3.8) is 0 Å². The maximum Gasteiger partial charge on any atom is 0.252 e. The lowest BCUT2D eigenvalue weighted by Crippen LogP contribution is -2.31. The molecule has 1 atom stereocenters. The second kappa shape index (κ2) is 8.78. The van der Waals surface area contributed by atoms with Crippen LogP contribution in [0, 0.1) is 6.92 Å². The van der Waals surface area contributed by atoms with Crippen LogP contribution in [0.2, 0.25) is 0 Å². The van der Waals surface area contributed by atoms with Crippen molar-refractivity contribution in [1.29, 1.82) is 0 Å². The fourth-order valence-electron chi connectivity index (χ4n) is 3.69. The highest BCUT2D eigenvalue weighted by atomic mass is 16.5. The van der Waals surface area contributed by atoms with Crippen LogP contribution >= 0.6 is 0 Å². The molecule has 1 aliphatic heterocycles. The van der Waals surface area contributed by atoms with E-state index in [0.717, 1.165) is 0 Å². The number of hydrogen-bond donors (Lipinski definition) is 2. The molecule has 32 heavy (non-hydrogen) atoms. The molecule has 1 aliphatic rings. The number of pyridine rings is 1. The molecule has 0 spiro atoms. The van der Waals surface area contributed by atoms with Crippen LogP contribution in [0.1, 0.15) is 42.9 Å².